The first kappa shape index (κ1) is 18.6. The maximum absolute atomic E-state index is 12.3. The van der Waals surface area contributed by atoms with E-state index in [0.717, 1.165) is 35.7 Å². The van der Waals surface area contributed by atoms with Gasteiger partial charge in [-0.05, 0) is 31.0 Å². The van der Waals surface area contributed by atoms with Gasteiger partial charge >= 0.3 is 0 Å². The maximum Gasteiger partial charge on any atom is 0.259 e. The van der Waals surface area contributed by atoms with Crippen molar-refractivity contribution in [3.05, 3.63) is 57.4 Å². The fourth-order valence-electron chi connectivity index (χ4n) is 3.37. The molecule has 1 aromatic carbocycles. The molecule has 0 bridgehead atoms. The summed E-state index contributed by atoms with van der Waals surface area (Å²) in [6, 6.07) is 10.8. The normalized spacial score (nSPS) is 14.3. The van der Waals surface area contributed by atoms with Crippen molar-refractivity contribution in [1.29, 1.82) is 0 Å². The number of hydrogen-bond acceptors (Lipinski definition) is 5. The largest absolute Gasteiger partial charge is 0.352 e. The van der Waals surface area contributed by atoms with Crippen molar-refractivity contribution in [2.75, 3.05) is 0 Å². The van der Waals surface area contributed by atoms with E-state index in [0.29, 0.717) is 17.3 Å². The summed E-state index contributed by atoms with van der Waals surface area (Å²) >= 11 is 3.42. The minimum Gasteiger partial charge on any atom is -0.352 e. The zero-order valence-corrected chi connectivity index (χ0v) is 16.7. The van der Waals surface area contributed by atoms with Crippen LogP contribution < -0.4 is 10.9 Å². The van der Waals surface area contributed by atoms with E-state index in [2.05, 4.69) is 31.4 Å². The lowest BCUT2D eigenvalue weighted by Crippen LogP contribution is -2.37. The van der Waals surface area contributed by atoms with Crippen LogP contribution >= 0.6 is 15.9 Å². The van der Waals surface area contributed by atoms with Crippen LogP contribution in [0.2, 0.25) is 0 Å². The van der Waals surface area contributed by atoms with Gasteiger partial charge in [-0.25, -0.2) is 0 Å². The Morgan fingerprint density at radius 2 is 2.04 bits per heavy atom. The lowest BCUT2D eigenvalue weighted by Gasteiger charge is -2.13. The van der Waals surface area contributed by atoms with Crippen LogP contribution in [0.25, 0.3) is 22.8 Å². The molecule has 1 amide bonds. The van der Waals surface area contributed by atoms with Gasteiger partial charge < -0.3 is 14.4 Å². The molecular weight excluding hydrogens is 424 g/mol. The monoisotopic (exact) mass is 442 g/mol. The minimum atomic E-state index is -0.253. The summed E-state index contributed by atoms with van der Waals surface area (Å²) in [7, 11) is 0. The number of hydrogen-bond donors (Lipinski definition) is 1. The Labute approximate surface area is 169 Å². The molecule has 8 heteroatoms. The number of nitrogens with one attached hydrogen (secondary N) is 1. The Bertz CT molecular complexity index is 1050. The standard InChI is InChI=1S/C20H19BrN4O3/c21-15-5-3-4-13(10-15)19-23-20(28-24-19)14-8-9-18(27)25(11-14)12-17(26)22-16-6-1-2-7-16/h3-5,8-11,16H,1-2,6-7,12H2,(H,22,26). The van der Waals surface area contributed by atoms with E-state index >= 15 is 0 Å². The molecule has 2 heterocycles. The quantitative estimate of drug-likeness (QED) is 0.653. The third kappa shape index (κ3) is 4.22. The zero-order valence-electron chi connectivity index (χ0n) is 15.1. The van der Waals surface area contributed by atoms with Crippen molar-refractivity contribution in [3.63, 3.8) is 0 Å². The highest BCUT2D eigenvalue weighted by atomic mass is 79.9. The number of rotatable bonds is 5. The van der Waals surface area contributed by atoms with Crippen LogP contribution in [0, 0.1) is 0 Å². The second-order valence-electron chi connectivity index (χ2n) is 6.87. The smallest absolute Gasteiger partial charge is 0.259 e. The van der Waals surface area contributed by atoms with E-state index in [1.54, 1.807) is 12.3 Å². The second-order valence-corrected chi connectivity index (χ2v) is 7.78. The third-order valence-electron chi connectivity index (χ3n) is 4.77. The zero-order chi connectivity index (χ0) is 19.5. The lowest BCUT2D eigenvalue weighted by atomic mass is 10.2. The van der Waals surface area contributed by atoms with Crippen molar-refractivity contribution in [1.82, 2.24) is 20.0 Å². The molecule has 0 radical (unpaired) electrons. The average molecular weight is 443 g/mol. The van der Waals surface area contributed by atoms with Gasteiger partial charge in [0, 0.05) is 28.3 Å². The highest BCUT2D eigenvalue weighted by Gasteiger charge is 2.18. The molecule has 1 saturated carbocycles. The number of nitrogens with zero attached hydrogens (tertiary/aromatic N) is 3. The van der Waals surface area contributed by atoms with Gasteiger partial charge in [-0.3, -0.25) is 9.59 Å². The molecule has 28 heavy (non-hydrogen) atoms. The molecule has 1 N–H and O–H groups in total. The molecule has 1 fully saturated rings. The van der Waals surface area contributed by atoms with Gasteiger partial charge in [0.1, 0.15) is 6.54 Å². The molecule has 1 aliphatic rings. The second kappa shape index (κ2) is 8.10. The number of pyridine rings is 1. The van der Waals surface area contributed by atoms with Crippen LogP contribution in [-0.2, 0) is 11.3 Å². The maximum atomic E-state index is 12.3. The summed E-state index contributed by atoms with van der Waals surface area (Å²) in [6.45, 7) is -0.0319. The van der Waals surface area contributed by atoms with E-state index in [-0.39, 0.29) is 24.1 Å². The van der Waals surface area contributed by atoms with E-state index < -0.39 is 0 Å². The van der Waals surface area contributed by atoms with Crippen molar-refractivity contribution in [3.8, 4) is 22.8 Å². The van der Waals surface area contributed by atoms with Gasteiger partial charge in [0.15, 0.2) is 0 Å². The number of carbonyl (C=O) groups excluding carboxylic acids is 1. The lowest BCUT2D eigenvalue weighted by molar-refractivity contribution is -0.122. The highest BCUT2D eigenvalue weighted by molar-refractivity contribution is 9.10. The van der Waals surface area contributed by atoms with Crippen molar-refractivity contribution >= 4 is 21.8 Å². The van der Waals surface area contributed by atoms with Gasteiger partial charge in [-0.2, -0.15) is 4.98 Å². The molecule has 1 aliphatic carbocycles. The first-order valence-corrected chi connectivity index (χ1v) is 9.98. The van der Waals surface area contributed by atoms with Gasteiger partial charge in [0.05, 0.1) is 5.56 Å². The van der Waals surface area contributed by atoms with Gasteiger partial charge in [0.2, 0.25) is 11.7 Å². The van der Waals surface area contributed by atoms with E-state index in [9.17, 15) is 9.59 Å². The van der Waals surface area contributed by atoms with Crippen molar-refractivity contribution < 1.29 is 9.32 Å². The van der Waals surface area contributed by atoms with Crippen molar-refractivity contribution in [2.45, 2.75) is 38.3 Å². The number of amides is 1. The fraction of sp³-hybridized carbons (Fsp3) is 0.300. The topological polar surface area (TPSA) is 90.0 Å². The first-order valence-electron chi connectivity index (χ1n) is 9.18. The number of aromatic nitrogens is 3. The molecular formula is C20H19BrN4O3. The van der Waals surface area contributed by atoms with Crippen LogP contribution in [-0.4, -0.2) is 26.7 Å². The Kier molecular flexibility index (Phi) is 5.38. The predicted octanol–water partition coefficient (Wildman–Crippen LogP) is 3.39. The molecule has 0 unspecified atom stereocenters. The molecule has 2 aromatic heterocycles. The van der Waals surface area contributed by atoms with Crippen LogP contribution in [0.4, 0.5) is 0 Å². The molecule has 0 saturated heterocycles. The minimum absolute atomic E-state index is 0.0319. The van der Waals surface area contributed by atoms with Gasteiger partial charge in [-0.1, -0.05) is 46.1 Å². The Balaban J connectivity index is 1.53. The van der Waals surface area contributed by atoms with Gasteiger partial charge in [-0.15, -0.1) is 0 Å². The van der Waals surface area contributed by atoms with Crippen LogP contribution in [0.3, 0.4) is 0 Å². The predicted molar refractivity (Wildman–Crippen MR) is 108 cm³/mol. The number of halogens is 1. The molecule has 0 spiro atoms. The molecule has 0 aliphatic heterocycles. The summed E-state index contributed by atoms with van der Waals surface area (Å²) in [5.41, 5.74) is 1.15. The molecule has 3 aromatic rings. The Morgan fingerprint density at radius 3 is 2.82 bits per heavy atom. The molecule has 7 nitrogen and oxygen atoms in total. The summed E-state index contributed by atoms with van der Waals surface area (Å²) in [5.74, 6) is 0.583. The van der Waals surface area contributed by atoms with Crippen LogP contribution in [0.5, 0.6) is 0 Å². The Hall–Kier alpha value is -2.74. The summed E-state index contributed by atoms with van der Waals surface area (Å²) in [4.78, 5) is 28.8. The summed E-state index contributed by atoms with van der Waals surface area (Å²) in [5, 5.41) is 7.00. The Morgan fingerprint density at radius 1 is 1.21 bits per heavy atom. The molecule has 4 rings (SSSR count). The SMILES string of the molecule is O=C(Cn1cc(-c2nc(-c3cccc(Br)c3)no2)ccc1=O)NC1CCCC1. The number of carbonyl (C=O) groups is 1. The van der Waals surface area contributed by atoms with Gasteiger partial charge in [0.25, 0.3) is 11.4 Å². The number of benzene rings is 1. The first-order chi connectivity index (χ1) is 13.6. The molecule has 0 atom stereocenters. The van der Waals surface area contributed by atoms with E-state index in [1.807, 2.05) is 24.3 Å². The highest BCUT2D eigenvalue weighted by Crippen LogP contribution is 2.24. The fourth-order valence-corrected chi connectivity index (χ4v) is 3.76. The van der Waals surface area contributed by atoms with Crippen LogP contribution in [0.15, 0.2) is 56.4 Å². The summed E-state index contributed by atoms with van der Waals surface area (Å²) < 4.78 is 7.64. The van der Waals surface area contributed by atoms with E-state index in [4.69, 9.17) is 4.52 Å². The van der Waals surface area contributed by atoms with Crippen molar-refractivity contribution in [2.24, 2.45) is 0 Å². The summed E-state index contributed by atoms with van der Waals surface area (Å²) in [6.07, 6.45) is 5.85. The van der Waals surface area contributed by atoms with Crippen LogP contribution in [0.1, 0.15) is 25.7 Å². The third-order valence-corrected chi connectivity index (χ3v) is 5.27. The average Bonchev–Trinajstić information content (AvgIpc) is 3.35. The van der Waals surface area contributed by atoms with E-state index in [1.165, 1.54) is 10.6 Å². The molecule has 144 valence electrons.